The molecule has 0 aromatic carbocycles. The maximum Gasteiger partial charge on any atom is 0.103 e. The van der Waals surface area contributed by atoms with Crippen molar-refractivity contribution in [2.75, 3.05) is 13.2 Å². The van der Waals surface area contributed by atoms with Gasteiger partial charge < -0.3 is 14.8 Å². The second-order valence-electron chi connectivity index (χ2n) is 4.90. The van der Waals surface area contributed by atoms with Crippen molar-refractivity contribution in [3.05, 3.63) is 24.2 Å². The molecule has 0 aliphatic rings. The third-order valence-electron chi connectivity index (χ3n) is 3.08. The van der Waals surface area contributed by atoms with Crippen LogP contribution in [0.15, 0.2) is 22.8 Å². The number of aryl methyl sites for hydroxylation is 1. The van der Waals surface area contributed by atoms with Gasteiger partial charge in [-0.05, 0) is 50.8 Å². The van der Waals surface area contributed by atoms with Crippen molar-refractivity contribution >= 4 is 0 Å². The molecule has 0 saturated heterocycles. The van der Waals surface area contributed by atoms with E-state index in [4.69, 9.17) is 9.52 Å². The minimum Gasteiger partial charge on any atom is -0.469 e. The molecule has 1 aromatic heterocycles. The fourth-order valence-corrected chi connectivity index (χ4v) is 1.81. The van der Waals surface area contributed by atoms with Gasteiger partial charge in [0.2, 0.25) is 0 Å². The minimum atomic E-state index is 0.300. The molecule has 2 atom stereocenters. The highest BCUT2D eigenvalue weighted by atomic mass is 16.3. The number of rotatable bonds is 9. The third kappa shape index (κ3) is 6.49. The molecule has 2 unspecified atom stereocenters. The van der Waals surface area contributed by atoms with E-state index in [1.165, 1.54) is 0 Å². The second kappa shape index (κ2) is 8.31. The van der Waals surface area contributed by atoms with Gasteiger partial charge in [0.1, 0.15) is 5.76 Å². The van der Waals surface area contributed by atoms with Crippen LogP contribution in [0.4, 0.5) is 0 Å². The summed E-state index contributed by atoms with van der Waals surface area (Å²) in [5, 5.41) is 12.4. The van der Waals surface area contributed by atoms with E-state index in [-0.39, 0.29) is 0 Å². The van der Waals surface area contributed by atoms with Gasteiger partial charge >= 0.3 is 0 Å². The Labute approximate surface area is 104 Å². The van der Waals surface area contributed by atoms with Crippen molar-refractivity contribution in [1.29, 1.82) is 0 Å². The Hall–Kier alpha value is -0.800. The fourth-order valence-electron chi connectivity index (χ4n) is 1.81. The lowest BCUT2D eigenvalue weighted by molar-refractivity contribution is 0.227. The number of hydrogen-bond acceptors (Lipinski definition) is 3. The van der Waals surface area contributed by atoms with Crippen LogP contribution in [0.1, 0.15) is 38.9 Å². The van der Waals surface area contributed by atoms with Crippen molar-refractivity contribution in [2.24, 2.45) is 5.92 Å². The normalized spacial score (nSPS) is 14.8. The Kier molecular flexibility index (Phi) is 6.97. The van der Waals surface area contributed by atoms with E-state index in [0.717, 1.165) is 38.0 Å². The predicted octanol–water partition coefficient (Wildman–Crippen LogP) is 2.60. The highest BCUT2D eigenvalue weighted by Crippen LogP contribution is 2.06. The molecule has 0 fully saturated rings. The Morgan fingerprint density at radius 2 is 2.18 bits per heavy atom. The largest absolute Gasteiger partial charge is 0.469 e. The molecule has 0 saturated carbocycles. The van der Waals surface area contributed by atoms with E-state index in [0.29, 0.717) is 18.6 Å². The van der Waals surface area contributed by atoms with Gasteiger partial charge in [-0.3, -0.25) is 0 Å². The summed E-state index contributed by atoms with van der Waals surface area (Å²) in [5.41, 5.74) is 0. The van der Waals surface area contributed by atoms with Crippen molar-refractivity contribution in [1.82, 2.24) is 5.32 Å². The first kappa shape index (κ1) is 14.3. The van der Waals surface area contributed by atoms with Crippen LogP contribution in [0, 0.1) is 5.92 Å². The molecule has 0 radical (unpaired) electrons. The Bertz CT molecular complexity index is 272. The Balaban J connectivity index is 1.99. The monoisotopic (exact) mass is 239 g/mol. The molecular formula is C14H25NO2. The summed E-state index contributed by atoms with van der Waals surface area (Å²) in [6.07, 6.45) is 6.04. The first-order valence-electron chi connectivity index (χ1n) is 6.59. The molecule has 0 aliphatic heterocycles. The van der Waals surface area contributed by atoms with Gasteiger partial charge in [0, 0.05) is 19.1 Å². The van der Waals surface area contributed by atoms with Crippen LogP contribution in [0.2, 0.25) is 0 Å². The summed E-state index contributed by atoms with van der Waals surface area (Å²) >= 11 is 0. The SMILES string of the molecule is CC(CO)CCCNC(C)CCc1ccco1. The summed E-state index contributed by atoms with van der Waals surface area (Å²) in [6, 6.07) is 4.48. The number of aliphatic hydroxyl groups excluding tert-OH is 1. The smallest absolute Gasteiger partial charge is 0.103 e. The maximum absolute atomic E-state index is 8.90. The molecule has 0 spiro atoms. The Morgan fingerprint density at radius 3 is 2.82 bits per heavy atom. The number of furan rings is 1. The van der Waals surface area contributed by atoms with Crippen LogP contribution in [-0.2, 0) is 6.42 Å². The number of nitrogens with one attached hydrogen (secondary N) is 1. The third-order valence-corrected chi connectivity index (χ3v) is 3.08. The first-order chi connectivity index (χ1) is 8.22. The summed E-state index contributed by atoms with van der Waals surface area (Å²) in [4.78, 5) is 0. The average Bonchev–Trinajstić information content (AvgIpc) is 2.84. The van der Waals surface area contributed by atoms with E-state index >= 15 is 0 Å². The van der Waals surface area contributed by atoms with Crippen molar-refractivity contribution in [3.8, 4) is 0 Å². The molecule has 1 heterocycles. The van der Waals surface area contributed by atoms with Gasteiger partial charge in [-0.25, -0.2) is 0 Å². The van der Waals surface area contributed by atoms with Gasteiger partial charge in [-0.15, -0.1) is 0 Å². The standard InChI is InChI=1S/C14H25NO2/c1-12(11-16)5-3-9-15-13(2)7-8-14-6-4-10-17-14/h4,6,10,12-13,15-16H,3,5,7-9,11H2,1-2H3. The molecule has 0 aliphatic carbocycles. The van der Waals surface area contributed by atoms with E-state index in [1.54, 1.807) is 6.26 Å². The van der Waals surface area contributed by atoms with E-state index in [1.807, 2.05) is 12.1 Å². The molecular weight excluding hydrogens is 214 g/mol. The van der Waals surface area contributed by atoms with E-state index in [9.17, 15) is 0 Å². The topological polar surface area (TPSA) is 45.4 Å². The van der Waals surface area contributed by atoms with E-state index < -0.39 is 0 Å². The molecule has 1 rings (SSSR count). The summed E-state index contributed by atoms with van der Waals surface area (Å²) in [5.74, 6) is 1.49. The molecule has 3 nitrogen and oxygen atoms in total. The number of aliphatic hydroxyl groups is 1. The molecule has 0 bridgehead atoms. The fraction of sp³-hybridized carbons (Fsp3) is 0.714. The second-order valence-corrected chi connectivity index (χ2v) is 4.90. The zero-order chi connectivity index (χ0) is 12.5. The quantitative estimate of drug-likeness (QED) is 0.651. The lowest BCUT2D eigenvalue weighted by Crippen LogP contribution is -2.27. The molecule has 3 heteroatoms. The van der Waals surface area contributed by atoms with Gasteiger partial charge in [0.25, 0.3) is 0 Å². The zero-order valence-electron chi connectivity index (χ0n) is 11.0. The van der Waals surface area contributed by atoms with Crippen molar-refractivity contribution in [3.63, 3.8) is 0 Å². The molecule has 17 heavy (non-hydrogen) atoms. The maximum atomic E-state index is 8.90. The summed E-state index contributed by atoms with van der Waals surface area (Å²) in [7, 11) is 0. The van der Waals surface area contributed by atoms with Crippen LogP contribution < -0.4 is 5.32 Å². The predicted molar refractivity (Wildman–Crippen MR) is 70.0 cm³/mol. The highest BCUT2D eigenvalue weighted by molar-refractivity contribution is 4.98. The molecule has 2 N–H and O–H groups in total. The van der Waals surface area contributed by atoms with Crippen LogP contribution in [-0.4, -0.2) is 24.3 Å². The van der Waals surface area contributed by atoms with Gasteiger partial charge in [0.05, 0.1) is 6.26 Å². The van der Waals surface area contributed by atoms with Crippen LogP contribution >= 0.6 is 0 Å². The van der Waals surface area contributed by atoms with Gasteiger partial charge in [-0.2, -0.15) is 0 Å². The number of hydrogen-bond donors (Lipinski definition) is 2. The highest BCUT2D eigenvalue weighted by Gasteiger charge is 2.04. The molecule has 1 aromatic rings. The average molecular weight is 239 g/mol. The van der Waals surface area contributed by atoms with Crippen LogP contribution in [0.25, 0.3) is 0 Å². The minimum absolute atomic E-state index is 0.300. The van der Waals surface area contributed by atoms with Gasteiger partial charge in [-0.1, -0.05) is 6.92 Å². The van der Waals surface area contributed by atoms with Crippen LogP contribution in [0.3, 0.4) is 0 Å². The summed E-state index contributed by atoms with van der Waals surface area (Å²) in [6.45, 7) is 5.62. The summed E-state index contributed by atoms with van der Waals surface area (Å²) < 4.78 is 5.30. The Morgan fingerprint density at radius 1 is 1.35 bits per heavy atom. The lowest BCUT2D eigenvalue weighted by atomic mass is 10.1. The molecule has 0 amide bonds. The van der Waals surface area contributed by atoms with Crippen molar-refractivity contribution in [2.45, 2.75) is 45.6 Å². The molecule has 98 valence electrons. The van der Waals surface area contributed by atoms with Gasteiger partial charge in [0.15, 0.2) is 0 Å². The lowest BCUT2D eigenvalue weighted by Gasteiger charge is -2.14. The van der Waals surface area contributed by atoms with E-state index in [2.05, 4.69) is 19.2 Å². The van der Waals surface area contributed by atoms with Crippen molar-refractivity contribution < 1.29 is 9.52 Å². The zero-order valence-corrected chi connectivity index (χ0v) is 11.0. The first-order valence-corrected chi connectivity index (χ1v) is 6.59. The van der Waals surface area contributed by atoms with Crippen LogP contribution in [0.5, 0.6) is 0 Å².